The number of phenolic OH excluding ortho intramolecular Hbond substituents is 1. The molecule has 5 nitrogen and oxygen atoms in total. The van der Waals surface area contributed by atoms with E-state index in [1.54, 1.807) is 12.1 Å². The summed E-state index contributed by atoms with van der Waals surface area (Å²) in [5.41, 5.74) is 8.18. The van der Waals surface area contributed by atoms with E-state index in [0.29, 0.717) is 18.0 Å². The minimum atomic E-state index is -0.599. The van der Waals surface area contributed by atoms with Gasteiger partial charge in [0.1, 0.15) is 5.75 Å². The van der Waals surface area contributed by atoms with E-state index in [1.165, 1.54) is 0 Å². The van der Waals surface area contributed by atoms with Gasteiger partial charge >= 0.3 is 6.03 Å². The van der Waals surface area contributed by atoms with Crippen molar-refractivity contribution in [3.63, 3.8) is 0 Å². The quantitative estimate of drug-likeness (QED) is 0.689. The lowest BCUT2D eigenvalue weighted by molar-refractivity contribution is 0.259. The van der Waals surface area contributed by atoms with Crippen LogP contribution in [0.15, 0.2) is 42.5 Å². The maximum absolute atomic E-state index is 10.8. The molecule has 2 rings (SSSR count). The summed E-state index contributed by atoms with van der Waals surface area (Å²) in [4.78, 5) is 10.8. The number of aryl methyl sites for hydroxylation is 1. The summed E-state index contributed by atoms with van der Waals surface area (Å²) >= 11 is 0. The van der Waals surface area contributed by atoms with Crippen molar-refractivity contribution in [2.75, 3.05) is 10.6 Å². The van der Waals surface area contributed by atoms with Crippen LogP contribution in [0.3, 0.4) is 0 Å². The first-order chi connectivity index (χ1) is 9.56. The highest BCUT2D eigenvalue weighted by Crippen LogP contribution is 2.23. The van der Waals surface area contributed by atoms with Crippen molar-refractivity contribution in [3.8, 4) is 5.75 Å². The van der Waals surface area contributed by atoms with Crippen LogP contribution < -0.4 is 16.4 Å². The van der Waals surface area contributed by atoms with Crippen molar-refractivity contribution in [2.45, 2.75) is 13.5 Å². The molecule has 0 bridgehead atoms. The number of nitrogens with one attached hydrogen (secondary N) is 2. The van der Waals surface area contributed by atoms with Crippen LogP contribution in [0.4, 0.5) is 16.2 Å². The molecule has 0 aromatic heterocycles. The number of hydrogen-bond donors (Lipinski definition) is 4. The van der Waals surface area contributed by atoms with Crippen LogP contribution >= 0.6 is 0 Å². The molecule has 0 radical (unpaired) electrons. The first kappa shape index (κ1) is 13.7. The maximum atomic E-state index is 10.8. The molecule has 0 spiro atoms. The van der Waals surface area contributed by atoms with Crippen LogP contribution in [0.2, 0.25) is 0 Å². The average Bonchev–Trinajstić information content (AvgIpc) is 2.40. The Balaban J connectivity index is 2.07. The van der Waals surface area contributed by atoms with Gasteiger partial charge in [-0.3, -0.25) is 0 Å². The number of anilines is 2. The third-order valence-electron chi connectivity index (χ3n) is 2.93. The Morgan fingerprint density at radius 1 is 1.20 bits per heavy atom. The van der Waals surface area contributed by atoms with E-state index in [2.05, 4.69) is 10.6 Å². The lowest BCUT2D eigenvalue weighted by Crippen LogP contribution is -2.19. The normalized spacial score (nSPS) is 10.1. The molecule has 0 fully saturated rings. The molecule has 5 heteroatoms. The fourth-order valence-electron chi connectivity index (χ4n) is 1.91. The second-order valence-electron chi connectivity index (χ2n) is 4.51. The van der Waals surface area contributed by atoms with E-state index in [9.17, 15) is 9.90 Å². The number of aromatic hydroxyl groups is 1. The van der Waals surface area contributed by atoms with Gasteiger partial charge < -0.3 is 21.5 Å². The van der Waals surface area contributed by atoms with Crippen molar-refractivity contribution in [1.82, 2.24) is 0 Å². The molecular weight excluding hydrogens is 254 g/mol. The molecule has 0 aliphatic carbocycles. The SMILES string of the molecule is Cc1cccc(CNc2cccc(NC(N)=O)c2)c1O. The number of carbonyl (C=O) groups excluding carboxylic acids is 1. The number of para-hydroxylation sites is 1. The third kappa shape index (κ3) is 3.41. The highest BCUT2D eigenvalue weighted by molar-refractivity contribution is 5.88. The Morgan fingerprint density at radius 2 is 1.90 bits per heavy atom. The van der Waals surface area contributed by atoms with E-state index in [4.69, 9.17) is 5.73 Å². The lowest BCUT2D eigenvalue weighted by Gasteiger charge is -2.11. The Hall–Kier alpha value is -2.69. The fraction of sp³-hybridized carbons (Fsp3) is 0.133. The topological polar surface area (TPSA) is 87.4 Å². The number of urea groups is 1. The highest BCUT2D eigenvalue weighted by atomic mass is 16.3. The van der Waals surface area contributed by atoms with E-state index < -0.39 is 6.03 Å². The first-order valence-electron chi connectivity index (χ1n) is 6.24. The Labute approximate surface area is 117 Å². The molecule has 104 valence electrons. The molecule has 0 saturated carbocycles. The van der Waals surface area contributed by atoms with E-state index >= 15 is 0 Å². The smallest absolute Gasteiger partial charge is 0.316 e. The van der Waals surface area contributed by atoms with Crippen molar-refractivity contribution in [3.05, 3.63) is 53.6 Å². The Morgan fingerprint density at radius 3 is 2.65 bits per heavy atom. The first-order valence-corrected chi connectivity index (χ1v) is 6.24. The van der Waals surface area contributed by atoms with Gasteiger partial charge in [-0.1, -0.05) is 24.3 Å². The van der Waals surface area contributed by atoms with E-state index in [1.807, 2.05) is 37.3 Å². The predicted molar refractivity (Wildman–Crippen MR) is 79.8 cm³/mol. The largest absolute Gasteiger partial charge is 0.507 e. The van der Waals surface area contributed by atoms with E-state index in [0.717, 1.165) is 16.8 Å². The van der Waals surface area contributed by atoms with Gasteiger partial charge in [-0.15, -0.1) is 0 Å². The third-order valence-corrected chi connectivity index (χ3v) is 2.93. The van der Waals surface area contributed by atoms with E-state index in [-0.39, 0.29) is 0 Å². The second kappa shape index (κ2) is 5.97. The van der Waals surface area contributed by atoms with Gasteiger partial charge in [0, 0.05) is 23.5 Å². The van der Waals surface area contributed by atoms with Gasteiger partial charge in [0.2, 0.25) is 0 Å². The molecule has 2 aromatic rings. The Bertz CT molecular complexity index is 626. The molecular formula is C15H17N3O2. The van der Waals surface area contributed by atoms with Crippen LogP contribution in [0.5, 0.6) is 5.75 Å². The molecule has 5 N–H and O–H groups in total. The van der Waals surface area contributed by atoms with Gasteiger partial charge in [-0.25, -0.2) is 4.79 Å². The molecule has 0 atom stereocenters. The van der Waals surface area contributed by atoms with Crippen LogP contribution in [0, 0.1) is 6.92 Å². The van der Waals surface area contributed by atoms with Gasteiger partial charge in [-0.05, 0) is 30.7 Å². The summed E-state index contributed by atoms with van der Waals surface area (Å²) in [5.74, 6) is 0.298. The van der Waals surface area contributed by atoms with Crippen LogP contribution in [0.1, 0.15) is 11.1 Å². The summed E-state index contributed by atoms with van der Waals surface area (Å²) in [5, 5.41) is 15.6. The number of primary amides is 1. The fourth-order valence-corrected chi connectivity index (χ4v) is 1.91. The molecule has 0 aliphatic heterocycles. The van der Waals surface area contributed by atoms with Gasteiger partial charge in [0.25, 0.3) is 0 Å². The number of benzene rings is 2. The molecule has 0 unspecified atom stereocenters. The van der Waals surface area contributed by atoms with Crippen LogP contribution in [-0.2, 0) is 6.54 Å². The maximum Gasteiger partial charge on any atom is 0.316 e. The van der Waals surface area contributed by atoms with Crippen molar-refractivity contribution in [2.24, 2.45) is 5.73 Å². The molecule has 0 heterocycles. The van der Waals surface area contributed by atoms with Gasteiger partial charge in [-0.2, -0.15) is 0 Å². The summed E-state index contributed by atoms with van der Waals surface area (Å²) < 4.78 is 0. The summed E-state index contributed by atoms with van der Waals surface area (Å²) in [7, 11) is 0. The molecule has 0 aliphatic rings. The minimum absolute atomic E-state index is 0.298. The number of nitrogens with two attached hydrogens (primary N) is 1. The zero-order chi connectivity index (χ0) is 14.5. The molecule has 0 saturated heterocycles. The van der Waals surface area contributed by atoms with Gasteiger partial charge in [0.05, 0.1) is 0 Å². The highest BCUT2D eigenvalue weighted by Gasteiger charge is 2.04. The molecule has 20 heavy (non-hydrogen) atoms. The summed E-state index contributed by atoms with van der Waals surface area (Å²) in [6.07, 6.45) is 0. The number of phenols is 1. The number of rotatable bonds is 4. The Kier molecular flexibility index (Phi) is 4.10. The zero-order valence-electron chi connectivity index (χ0n) is 11.2. The van der Waals surface area contributed by atoms with Crippen molar-refractivity contribution in [1.29, 1.82) is 0 Å². The molecule has 2 amide bonds. The molecule has 2 aromatic carbocycles. The van der Waals surface area contributed by atoms with Crippen molar-refractivity contribution >= 4 is 17.4 Å². The number of carbonyl (C=O) groups is 1. The number of amides is 2. The lowest BCUT2D eigenvalue weighted by atomic mass is 10.1. The zero-order valence-corrected chi connectivity index (χ0v) is 11.2. The second-order valence-corrected chi connectivity index (χ2v) is 4.51. The standard InChI is InChI=1S/C15H17N3O2/c1-10-4-2-5-11(14(10)19)9-17-12-6-3-7-13(8-12)18-15(16)20/h2-8,17,19H,9H2,1H3,(H3,16,18,20). The van der Waals surface area contributed by atoms with Crippen LogP contribution in [-0.4, -0.2) is 11.1 Å². The monoisotopic (exact) mass is 271 g/mol. The number of hydrogen-bond acceptors (Lipinski definition) is 3. The average molecular weight is 271 g/mol. The van der Waals surface area contributed by atoms with Crippen LogP contribution in [0.25, 0.3) is 0 Å². The van der Waals surface area contributed by atoms with Crippen molar-refractivity contribution < 1.29 is 9.90 Å². The summed E-state index contributed by atoms with van der Waals surface area (Å²) in [6, 6.07) is 12.2. The summed E-state index contributed by atoms with van der Waals surface area (Å²) in [6.45, 7) is 2.35. The van der Waals surface area contributed by atoms with Gasteiger partial charge in [0.15, 0.2) is 0 Å². The predicted octanol–water partition coefficient (Wildman–Crippen LogP) is 2.80. The minimum Gasteiger partial charge on any atom is -0.507 e.